The largest absolute Gasteiger partial charge is 0.310 e. The van der Waals surface area contributed by atoms with Crippen molar-refractivity contribution in [1.29, 1.82) is 0 Å². The molecule has 104 valence electrons. The Balaban J connectivity index is 1.57. The second-order valence-corrected chi connectivity index (χ2v) is 6.65. The normalized spacial score (nSPS) is 30.8. The van der Waals surface area contributed by atoms with Crippen molar-refractivity contribution in [2.45, 2.75) is 45.2 Å². The van der Waals surface area contributed by atoms with Crippen LogP contribution in [0.15, 0.2) is 18.2 Å². The molecule has 19 heavy (non-hydrogen) atoms. The number of benzene rings is 1. The second-order valence-electron chi connectivity index (χ2n) is 6.24. The van der Waals surface area contributed by atoms with Crippen molar-refractivity contribution in [2.24, 2.45) is 17.8 Å². The fourth-order valence-corrected chi connectivity index (χ4v) is 4.23. The van der Waals surface area contributed by atoms with Gasteiger partial charge in [0.05, 0.1) is 0 Å². The number of hydrogen-bond donors (Lipinski definition) is 1. The Morgan fingerprint density at radius 1 is 1.37 bits per heavy atom. The lowest BCUT2D eigenvalue weighted by atomic mass is 9.84. The fourth-order valence-electron chi connectivity index (χ4n) is 3.99. The van der Waals surface area contributed by atoms with Gasteiger partial charge in [0.15, 0.2) is 0 Å². The third-order valence-electron chi connectivity index (χ3n) is 5.06. The molecule has 2 fully saturated rings. The second kappa shape index (κ2) is 5.41. The van der Waals surface area contributed by atoms with E-state index in [1.165, 1.54) is 37.8 Å². The summed E-state index contributed by atoms with van der Waals surface area (Å²) in [5.41, 5.74) is 0.984. The lowest BCUT2D eigenvalue weighted by molar-refractivity contribution is 0.259. The van der Waals surface area contributed by atoms with E-state index >= 15 is 0 Å². The minimum Gasteiger partial charge on any atom is -0.310 e. The van der Waals surface area contributed by atoms with Crippen molar-refractivity contribution in [3.63, 3.8) is 0 Å². The van der Waals surface area contributed by atoms with Gasteiger partial charge in [0.2, 0.25) is 0 Å². The lowest BCUT2D eigenvalue weighted by Crippen LogP contribution is -2.35. The molecule has 2 saturated carbocycles. The van der Waals surface area contributed by atoms with Gasteiger partial charge in [-0.1, -0.05) is 24.1 Å². The van der Waals surface area contributed by atoms with E-state index in [4.69, 9.17) is 11.6 Å². The van der Waals surface area contributed by atoms with Gasteiger partial charge in [0.25, 0.3) is 0 Å². The van der Waals surface area contributed by atoms with E-state index in [-0.39, 0.29) is 5.82 Å². The Labute approximate surface area is 119 Å². The number of rotatable bonds is 4. The highest BCUT2D eigenvalue weighted by molar-refractivity contribution is 6.31. The highest BCUT2D eigenvalue weighted by Gasteiger charge is 2.41. The predicted octanol–water partition coefficient (Wildman–Crippen LogP) is 4.39. The Kier molecular flexibility index (Phi) is 3.81. The molecule has 1 aromatic rings. The summed E-state index contributed by atoms with van der Waals surface area (Å²) in [6.45, 7) is 3.01. The molecule has 4 unspecified atom stereocenters. The van der Waals surface area contributed by atoms with E-state index in [9.17, 15) is 4.39 Å². The fraction of sp³-hybridized carbons (Fsp3) is 0.625. The van der Waals surface area contributed by atoms with Crippen LogP contribution in [0.25, 0.3) is 0 Å². The average Bonchev–Trinajstić information content (AvgIpc) is 2.99. The van der Waals surface area contributed by atoms with Gasteiger partial charge in [-0.2, -0.15) is 0 Å². The molecule has 4 atom stereocenters. The predicted molar refractivity (Wildman–Crippen MR) is 76.6 cm³/mol. The Morgan fingerprint density at radius 2 is 2.21 bits per heavy atom. The summed E-state index contributed by atoms with van der Waals surface area (Å²) >= 11 is 6.06. The van der Waals surface area contributed by atoms with Gasteiger partial charge in [-0.05, 0) is 61.6 Å². The Bertz CT molecular complexity index is 462. The molecule has 2 aliphatic carbocycles. The van der Waals surface area contributed by atoms with Crippen molar-refractivity contribution < 1.29 is 4.39 Å². The van der Waals surface area contributed by atoms with Crippen LogP contribution in [-0.2, 0) is 6.54 Å². The summed E-state index contributed by atoms with van der Waals surface area (Å²) in [6.07, 6.45) is 5.68. The lowest BCUT2D eigenvalue weighted by Gasteiger charge is -2.28. The first kappa shape index (κ1) is 13.4. The van der Waals surface area contributed by atoms with Gasteiger partial charge in [0.1, 0.15) is 5.82 Å². The van der Waals surface area contributed by atoms with Gasteiger partial charge in [-0.3, -0.25) is 0 Å². The minimum atomic E-state index is -0.269. The summed E-state index contributed by atoms with van der Waals surface area (Å²) in [7, 11) is 0. The van der Waals surface area contributed by atoms with Crippen LogP contribution in [0.2, 0.25) is 5.02 Å². The number of halogens is 2. The van der Waals surface area contributed by atoms with E-state index in [0.717, 1.165) is 29.9 Å². The molecule has 2 aliphatic rings. The van der Waals surface area contributed by atoms with Crippen LogP contribution >= 0.6 is 11.6 Å². The standard InChI is InChI=1S/C16H21ClFN/c1-10(15-7-11-2-3-12(15)6-11)19-9-13-4-5-14(18)8-16(13)17/h4-5,8,10-12,15,19H,2-3,6-7,9H2,1H3. The van der Waals surface area contributed by atoms with Crippen molar-refractivity contribution >= 4 is 11.6 Å². The van der Waals surface area contributed by atoms with Crippen LogP contribution in [0.5, 0.6) is 0 Å². The number of hydrogen-bond acceptors (Lipinski definition) is 1. The smallest absolute Gasteiger partial charge is 0.124 e. The minimum absolute atomic E-state index is 0.269. The molecule has 1 N–H and O–H groups in total. The van der Waals surface area contributed by atoms with Crippen LogP contribution in [0.3, 0.4) is 0 Å². The van der Waals surface area contributed by atoms with E-state index in [2.05, 4.69) is 12.2 Å². The molecule has 2 bridgehead atoms. The van der Waals surface area contributed by atoms with Crippen molar-refractivity contribution in [2.75, 3.05) is 0 Å². The van der Waals surface area contributed by atoms with Crippen LogP contribution in [0, 0.1) is 23.6 Å². The maximum Gasteiger partial charge on any atom is 0.124 e. The van der Waals surface area contributed by atoms with E-state index < -0.39 is 0 Å². The molecule has 3 heteroatoms. The van der Waals surface area contributed by atoms with Gasteiger partial charge >= 0.3 is 0 Å². The van der Waals surface area contributed by atoms with Gasteiger partial charge in [-0.15, -0.1) is 0 Å². The average molecular weight is 282 g/mol. The van der Waals surface area contributed by atoms with E-state index in [0.29, 0.717) is 11.1 Å². The molecule has 0 amide bonds. The van der Waals surface area contributed by atoms with Gasteiger partial charge < -0.3 is 5.32 Å². The maximum absolute atomic E-state index is 13.0. The highest BCUT2D eigenvalue weighted by Crippen LogP contribution is 2.49. The molecule has 0 saturated heterocycles. The Morgan fingerprint density at radius 3 is 2.84 bits per heavy atom. The molecule has 0 aliphatic heterocycles. The van der Waals surface area contributed by atoms with Crippen molar-refractivity contribution in [3.05, 3.63) is 34.6 Å². The van der Waals surface area contributed by atoms with Gasteiger partial charge in [0, 0.05) is 17.6 Å². The quantitative estimate of drug-likeness (QED) is 0.863. The zero-order valence-corrected chi connectivity index (χ0v) is 12.1. The molecule has 0 spiro atoms. The van der Waals surface area contributed by atoms with Crippen LogP contribution in [0.4, 0.5) is 4.39 Å². The SMILES string of the molecule is CC(NCc1ccc(F)cc1Cl)C1CC2CCC1C2. The third-order valence-corrected chi connectivity index (χ3v) is 5.42. The van der Waals surface area contributed by atoms with Crippen LogP contribution in [-0.4, -0.2) is 6.04 Å². The first-order valence-corrected chi connectivity index (χ1v) is 7.68. The summed E-state index contributed by atoms with van der Waals surface area (Å²) in [6, 6.07) is 5.17. The molecule has 3 rings (SSSR count). The Hall–Kier alpha value is -0.600. The molecule has 1 aromatic carbocycles. The van der Waals surface area contributed by atoms with E-state index in [1.807, 2.05) is 0 Å². The van der Waals surface area contributed by atoms with Crippen LogP contribution in [0.1, 0.15) is 38.2 Å². The van der Waals surface area contributed by atoms with Crippen LogP contribution < -0.4 is 5.32 Å². The maximum atomic E-state index is 13.0. The molecular weight excluding hydrogens is 261 g/mol. The number of nitrogens with one attached hydrogen (secondary N) is 1. The summed E-state index contributed by atoms with van der Waals surface area (Å²) < 4.78 is 13.0. The first-order chi connectivity index (χ1) is 9.13. The molecule has 0 radical (unpaired) electrons. The van der Waals surface area contributed by atoms with Gasteiger partial charge in [-0.25, -0.2) is 4.39 Å². The summed E-state index contributed by atoms with van der Waals surface area (Å²) in [4.78, 5) is 0. The first-order valence-electron chi connectivity index (χ1n) is 7.31. The van der Waals surface area contributed by atoms with Crippen molar-refractivity contribution in [3.8, 4) is 0 Å². The van der Waals surface area contributed by atoms with Crippen molar-refractivity contribution in [1.82, 2.24) is 5.32 Å². The summed E-state index contributed by atoms with van der Waals surface area (Å²) in [5.74, 6) is 2.46. The highest BCUT2D eigenvalue weighted by atomic mass is 35.5. The zero-order valence-electron chi connectivity index (χ0n) is 11.3. The molecule has 0 heterocycles. The molecule has 1 nitrogen and oxygen atoms in total. The molecule has 0 aromatic heterocycles. The molecular formula is C16H21ClFN. The third kappa shape index (κ3) is 2.80. The summed E-state index contributed by atoms with van der Waals surface area (Å²) in [5, 5.41) is 4.10. The zero-order chi connectivity index (χ0) is 13.4. The topological polar surface area (TPSA) is 12.0 Å². The number of fused-ring (bicyclic) bond motifs is 2. The monoisotopic (exact) mass is 281 g/mol. The van der Waals surface area contributed by atoms with E-state index in [1.54, 1.807) is 6.07 Å².